The maximum atomic E-state index is 11.2. The molecule has 5 heteroatoms. The molecular weight excluding hydrogens is 186 g/mol. The minimum Gasteiger partial charge on any atom is -0.481 e. The van der Waals surface area contributed by atoms with Crippen LogP contribution in [0.5, 0.6) is 0 Å². The van der Waals surface area contributed by atoms with Gasteiger partial charge in [0.15, 0.2) is 0 Å². The topological polar surface area (TPSA) is 66.8 Å². The number of aliphatic carboxylic acids is 1. The average Bonchev–Trinajstić information content (AvgIpc) is 2.40. The molecule has 1 heterocycles. The van der Waals surface area contributed by atoms with Crippen molar-refractivity contribution in [3.8, 4) is 0 Å². The molecule has 14 heavy (non-hydrogen) atoms. The molecule has 1 aliphatic rings. The second-order valence-corrected chi connectivity index (χ2v) is 3.70. The fourth-order valence-electron chi connectivity index (χ4n) is 2.07. The Morgan fingerprint density at radius 1 is 1.43 bits per heavy atom. The third-order valence-corrected chi connectivity index (χ3v) is 2.80. The van der Waals surface area contributed by atoms with Gasteiger partial charge in [-0.15, -0.1) is 0 Å². The molecule has 1 saturated heterocycles. The molecule has 0 saturated carbocycles. The Morgan fingerprint density at radius 2 is 2.00 bits per heavy atom. The first-order valence-corrected chi connectivity index (χ1v) is 4.56. The number of amides is 1. The Morgan fingerprint density at radius 3 is 2.36 bits per heavy atom. The van der Waals surface area contributed by atoms with Crippen LogP contribution in [0.1, 0.15) is 13.8 Å². The van der Waals surface area contributed by atoms with Crippen molar-refractivity contribution in [2.45, 2.75) is 19.9 Å². The van der Waals surface area contributed by atoms with E-state index in [-0.39, 0.29) is 12.0 Å². The lowest BCUT2D eigenvalue weighted by molar-refractivity contribution is -0.143. The van der Waals surface area contributed by atoms with Crippen LogP contribution >= 0.6 is 0 Å². The Bertz CT molecular complexity index is 253. The van der Waals surface area contributed by atoms with Crippen LogP contribution in [-0.2, 0) is 9.53 Å². The van der Waals surface area contributed by atoms with Crippen LogP contribution in [0.2, 0.25) is 0 Å². The smallest absolute Gasteiger partial charge is 0.409 e. The molecule has 5 nitrogen and oxygen atoms in total. The van der Waals surface area contributed by atoms with E-state index in [1.807, 2.05) is 6.92 Å². The molecule has 1 rings (SSSR count). The van der Waals surface area contributed by atoms with Gasteiger partial charge in [0.25, 0.3) is 0 Å². The summed E-state index contributed by atoms with van der Waals surface area (Å²) in [5.74, 6) is -1.37. The zero-order valence-electron chi connectivity index (χ0n) is 8.56. The van der Waals surface area contributed by atoms with E-state index in [9.17, 15) is 9.59 Å². The Kier molecular flexibility index (Phi) is 2.98. The lowest BCUT2D eigenvalue weighted by atomic mass is 9.93. The molecule has 3 unspecified atom stereocenters. The summed E-state index contributed by atoms with van der Waals surface area (Å²) in [6.07, 6.45) is -0.451. The highest BCUT2D eigenvalue weighted by Gasteiger charge is 2.43. The van der Waals surface area contributed by atoms with Crippen molar-refractivity contribution in [1.82, 2.24) is 4.90 Å². The molecule has 1 aliphatic heterocycles. The third-order valence-electron chi connectivity index (χ3n) is 2.80. The summed E-state index contributed by atoms with van der Waals surface area (Å²) in [6, 6.07) is -0.296. The molecule has 1 amide bonds. The quantitative estimate of drug-likeness (QED) is 0.681. The average molecular weight is 201 g/mol. The first kappa shape index (κ1) is 10.8. The van der Waals surface area contributed by atoms with Gasteiger partial charge in [-0.05, 0) is 12.8 Å². The first-order chi connectivity index (χ1) is 6.49. The lowest BCUT2D eigenvalue weighted by Crippen LogP contribution is -2.37. The van der Waals surface area contributed by atoms with Gasteiger partial charge in [-0.3, -0.25) is 4.79 Å². The van der Waals surface area contributed by atoms with Crippen LogP contribution in [0.25, 0.3) is 0 Å². The van der Waals surface area contributed by atoms with Crippen molar-refractivity contribution >= 4 is 12.1 Å². The summed E-state index contributed by atoms with van der Waals surface area (Å²) < 4.78 is 4.58. The van der Waals surface area contributed by atoms with Gasteiger partial charge >= 0.3 is 12.1 Å². The third kappa shape index (κ3) is 1.66. The number of rotatable bonds is 1. The molecule has 3 atom stereocenters. The largest absolute Gasteiger partial charge is 0.481 e. The van der Waals surface area contributed by atoms with Gasteiger partial charge in [0.1, 0.15) is 0 Å². The van der Waals surface area contributed by atoms with E-state index in [1.54, 1.807) is 6.92 Å². The Balaban J connectivity index is 2.78. The number of hydrogen-bond acceptors (Lipinski definition) is 3. The summed E-state index contributed by atoms with van der Waals surface area (Å²) in [4.78, 5) is 23.6. The fraction of sp³-hybridized carbons (Fsp3) is 0.778. The molecular formula is C9H15NO4. The van der Waals surface area contributed by atoms with Gasteiger partial charge in [0.05, 0.1) is 13.0 Å². The second kappa shape index (κ2) is 3.86. The Hall–Kier alpha value is -1.26. The number of carbonyl (C=O) groups is 2. The normalized spacial score (nSPS) is 31.6. The molecule has 80 valence electrons. The van der Waals surface area contributed by atoms with Crippen LogP contribution in [0.3, 0.4) is 0 Å². The molecule has 0 aromatic rings. The number of hydrogen-bond donors (Lipinski definition) is 1. The van der Waals surface area contributed by atoms with Crippen LogP contribution < -0.4 is 0 Å². The summed E-state index contributed by atoms with van der Waals surface area (Å²) in [5, 5.41) is 8.95. The first-order valence-electron chi connectivity index (χ1n) is 4.56. The van der Waals surface area contributed by atoms with Crippen molar-refractivity contribution < 1.29 is 19.4 Å². The van der Waals surface area contributed by atoms with Gasteiger partial charge in [0.2, 0.25) is 0 Å². The minimum absolute atomic E-state index is 0.0263. The highest BCUT2D eigenvalue weighted by Crippen LogP contribution is 2.29. The summed E-state index contributed by atoms with van der Waals surface area (Å²) >= 11 is 0. The number of nitrogens with zero attached hydrogens (tertiary/aromatic N) is 1. The highest BCUT2D eigenvalue weighted by molar-refractivity contribution is 5.75. The van der Waals surface area contributed by atoms with E-state index in [2.05, 4.69) is 4.74 Å². The molecule has 1 N–H and O–H groups in total. The molecule has 0 aliphatic carbocycles. The summed E-state index contributed by atoms with van der Waals surface area (Å²) in [6.45, 7) is 4.02. The van der Waals surface area contributed by atoms with Gasteiger partial charge < -0.3 is 14.7 Å². The van der Waals surface area contributed by atoms with Crippen molar-refractivity contribution in [2.24, 2.45) is 11.8 Å². The van der Waals surface area contributed by atoms with E-state index in [0.29, 0.717) is 6.54 Å². The number of carboxylic acids is 1. The maximum absolute atomic E-state index is 11.2. The predicted octanol–water partition coefficient (Wildman–Crippen LogP) is 0.794. The van der Waals surface area contributed by atoms with E-state index in [0.717, 1.165) is 0 Å². The van der Waals surface area contributed by atoms with Crippen LogP contribution in [0, 0.1) is 11.8 Å². The molecule has 0 bridgehead atoms. The predicted molar refractivity (Wildman–Crippen MR) is 48.9 cm³/mol. The number of ether oxygens (including phenoxy) is 1. The highest BCUT2D eigenvalue weighted by atomic mass is 16.5. The van der Waals surface area contributed by atoms with Crippen LogP contribution in [0.4, 0.5) is 4.79 Å². The van der Waals surface area contributed by atoms with E-state index in [1.165, 1.54) is 12.0 Å². The monoisotopic (exact) mass is 201 g/mol. The lowest BCUT2D eigenvalue weighted by Gasteiger charge is -2.21. The molecule has 1 fully saturated rings. The van der Waals surface area contributed by atoms with Crippen molar-refractivity contribution in [3.05, 3.63) is 0 Å². The zero-order valence-corrected chi connectivity index (χ0v) is 8.56. The molecule has 0 radical (unpaired) electrons. The summed E-state index contributed by atoms with van der Waals surface area (Å²) in [7, 11) is 1.30. The van der Waals surface area contributed by atoms with Gasteiger partial charge in [-0.25, -0.2) is 4.79 Å². The van der Waals surface area contributed by atoms with E-state index >= 15 is 0 Å². The van der Waals surface area contributed by atoms with Crippen molar-refractivity contribution in [3.63, 3.8) is 0 Å². The van der Waals surface area contributed by atoms with Gasteiger partial charge in [0, 0.05) is 12.6 Å². The van der Waals surface area contributed by atoms with Gasteiger partial charge in [-0.1, -0.05) is 6.92 Å². The maximum Gasteiger partial charge on any atom is 0.409 e. The van der Waals surface area contributed by atoms with Crippen LogP contribution in [0.15, 0.2) is 0 Å². The standard InChI is InChI=1S/C9H15NO4/c1-5-4-10(9(13)14-3)6(2)7(5)8(11)12/h5-7H,4H2,1-3H3,(H,11,12). The van der Waals surface area contributed by atoms with Crippen LogP contribution in [-0.4, -0.2) is 41.8 Å². The number of carbonyl (C=O) groups excluding carboxylic acids is 1. The molecule has 0 aromatic carbocycles. The second-order valence-electron chi connectivity index (χ2n) is 3.70. The molecule has 0 aromatic heterocycles. The SMILES string of the molecule is COC(=O)N1CC(C)C(C(=O)O)C1C. The zero-order chi connectivity index (χ0) is 10.9. The van der Waals surface area contributed by atoms with Gasteiger partial charge in [-0.2, -0.15) is 0 Å². The summed E-state index contributed by atoms with van der Waals surface area (Å²) in [5.41, 5.74) is 0. The molecule has 0 spiro atoms. The van der Waals surface area contributed by atoms with Crippen molar-refractivity contribution in [1.29, 1.82) is 0 Å². The number of likely N-dealkylation sites (tertiary alicyclic amines) is 1. The Labute approximate surface area is 82.6 Å². The number of methoxy groups -OCH3 is 1. The minimum atomic E-state index is -0.851. The van der Waals surface area contributed by atoms with Crippen molar-refractivity contribution in [2.75, 3.05) is 13.7 Å². The van der Waals surface area contributed by atoms with E-state index in [4.69, 9.17) is 5.11 Å². The fourth-order valence-corrected chi connectivity index (χ4v) is 2.07. The van der Waals surface area contributed by atoms with E-state index < -0.39 is 18.0 Å². The number of carboxylic acid groups (broad SMARTS) is 1.